The number of hydrogen-bond donors (Lipinski definition) is 2. The molecule has 8 nitrogen and oxygen atoms in total. The van der Waals surface area contributed by atoms with Crippen molar-refractivity contribution in [3.05, 3.63) is 46.1 Å². The van der Waals surface area contributed by atoms with Crippen LogP contribution < -0.4 is 20.3 Å². The first-order valence-corrected chi connectivity index (χ1v) is 10.7. The molecule has 3 aromatic rings. The number of rotatable bonds is 5. The van der Waals surface area contributed by atoms with Crippen molar-refractivity contribution < 1.29 is 9.53 Å². The molecule has 0 radical (unpaired) electrons. The van der Waals surface area contributed by atoms with Crippen molar-refractivity contribution in [3.63, 3.8) is 0 Å². The molecule has 5 rings (SSSR count). The Hall–Kier alpha value is -2.68. The molecule has 0 spiro atoms. The first-order valence-electron chi connectivity index (χ1n) is 9.99. The normalized spacial score (nSPS) is 19.8. The molecule has 2 atom stereocenters. The van der Waals surface area contributed by atoms with Crippen LogP contribution in [-0.4, -0.2) is 52.6 Å². The lowest BCUT2D eigenvalue weighted by Gasteiger charge is -2.27. The number of pyridine rings is 1. The van der Waals surface area contributed by atoms with Crippen molar-refractivity contribution in [1.82, 2.24) is 20.3 Å². The number of aryl methyl sites for hydroxylation is 1. The number of hydrogen-bond acceptors (Lipinski definition) is 7. The van der Waals surface area contributed by atoms with Crippen molar-refractivity contribution in [2.24, 2.45) is 0 Å². The highest BCUT2D eigenvalue weighted by molar-refractivity contribution is 6.35. The molecule has 2 aliphatic heterocycles. The summed E-state index contributed by atoms with van der Waals surface area (Å²) in [5.74, 6) is 1.18. The van der Waals surface area contributed by atoms with Gasteiger partial charge in [-0.2, -0.15) is 0 Å². The lowest BCUT2D eigenvalue weighted by atomic mass is 10.2. The van der Waals surface area contributed by atoms with E-state index in [2.05, 4.69) is 25.5 Å². The average molecular weight is 459 g/mol. The van der Waals surface area contributed by atoms with E-state index >= 15 is 0 Å². The van der Waals surface area contributed by atoms with Gasteiger partial charge in [0.15, 0.2) is 6.61 Å². The van der Waals surface area contributed by atoms with Gasteiger partial charge in [-0.15, -0.1) is 0 Å². The molecular formula is C21H20Cl2N6O2. The minimum absolute atomic E-state index is 0.207. The number of carbonyl (C=O) groups is 1. The number of ether oxygens (including phenoxy) is 1. The van der Waals surface area contributed by atoms with Gasteiger partial charge in [-0.05, 0) is 43.7 Å². The molecule has 2 fully saturated rings. The standard InChI is InChI=1S/C21H20Cl2N6O2/c1-11-20-16(26-21(25-11)29-9-13-7-14(29)8-24-13)3-5-18(28-20)27-19(30)10-31-17-4-2-12(22)6-15(17)23/h2-6,13-14,24H,7-10H2,1H3,(H,27,28,30). The second kappa shape index (κ2) is 8.11. The highest BCUT2D eigenvalue weighted by atomic mass is 35.5. The van der Waals surface area contributed by atoms with Gasteiger partial charge in [0.05, 0.1) is 16.2 Å². The molecule has 1 aromatic carbocycles. The zero-order chi connectivity index (χ0) is 21.5. The second-order valence-electron chi connectivity index (χ2n) is 7.73. The van der Waals surface area contributed by atoms with E-state index < -0.39 is 0 Å². The molecule has 2 aliphatic rings. The molecular weight excluding hydrogens is 439 g/mol. The first-order chi connectivity index (χ1) is 15.0. The number of amides is 1. The Morgan fingerprint density at radius 1 is 1.26 bits per heavy atom. The van der Waals surface area contributed by atoms with Gasteiger partial charge in [-0.25, -0.2) is 15.0 Å². The van der Waals surface area contributed by atoms with E-state index in [0.29, 0.717) is 39.2 Å². The maximum atomic E-state index is 12.3. The predicted octanol–water partition coefficient (Wildman–Crippen LogP) is 3.21. The number of nitrogens with zero attached hydrogens (tertiary/aromatic N) is 4. The Morgan fingerprint density at radius 2 is 2.13 bits per heavy atom. The zero-order valence-electron chi connectivity index (χ0n) is 16.7. The van der Waals surface area contributed by atoms with E-state index in [4.69, 9.17) is 32.9 Å². The van der Waals surface area contributed by atoms with E-state index in [-0.39, 0.29) is 12.5 Å². The topological polar surface area (TPSA) is 92.3 Å². The van der Waals surface area contributed by atoms with Crippen LogP contribution in [0, 0.1) is 6.92 Å². The molecule has 2 saturated heterocycles. The molecule has 2 N–H and O–H groups in total. The van der Waals surface area contributed by atoms with Crippen molar-refractivity contribution >= 4 is 51.9 Å². The quantitative estimate of drug-likeness (QED) is 0.606. The predicted molar refractivity (Wildman–Crippen MR) is 120 cm³/mol. The molecule has 2 unspecified atom stereocenters. The molecule has 2 aromatic heterocycles. The van der Waals surface area contributed by atoms with Gasteiger partial charge >= 0.3 is 0 Å². The number of benzene rings is 1. The Morgan fingerprint density at radius 3 is 2.87 bits per heavy atom. The minimum atomic E-state index is -0.353. The first kappa shape index (κ1) is 20.2. The third kappa shape index (κ3) is 4.11. The SMILES string of the molecule is Cc1nc(N2CC3CC2CN3)nc2ccc(NC(=O)COc3ccc(Cl)cc3Cl)nc12. The summed E-state index contributed by atoms with van der Waals surface area (Å²) in [6.45, 7) is 3.60. The van der Waals surface area contributed by atoms with Crippen molar-refractivity contribution in [1.29, 1.82) is 0 Å². The van der Waals surface area contributed by atoms with Crippen LogP contribution in [0.5, 0.6) is 5.75 Å². The van der Waals surface area contributed by atoms with Gasteiger partial charge in [-0.3, -0.25) is 4.79 Å². The third-order valence-electron chi connectivity index (χ3n) is 5.54. The molecule has 4 heterocycles. The highest BCUT2D eigenvalue weighted by Crippen LogP contribution is 2.29. The number of halogens is 2. The summed E-state index contributed by atoms with van der Waals surface area (Å²) in [5, 5.41) is 7.06. The third-order valence-corrected chi connectivity index (χ3v) is 6.07. The van der Waals surface area contributed by atoms with Crippen LogP contribution in [0.3, 0.4) is 0 Å². The summed E-state index contributed by atoms with van der Waals surface area (Å²) < 4.78 is 5.47. The number of piperazine rings is 1. The Labute approximate surface area is 188 Å². The number of carbonyl (C=O) groups excluding carboxylic acids is 1. The molecule has 160 valence electrons. The van der Waals surface area contributed by atoms with Crippen LogP contribution in [-0.2, 0) is 4.79 Å². The van der Waals surface area contributed by atoms with Crippen LogP contribution in [0.4, 0.5) is 11.8 Å². The van der Waals surface area contributed by atoms with Crippen LogP contribution in [0.1, 0.15) is 12.1 Å². The maximum Gasteiger partial charge on any atom is 0.263 e. The number of anilines is 2. The van der Waals surface area contributed by atoms with Gasteiger partial charge < -0.3 is 20.3 Å². The summed E-state index contributed by atoms with van der Waals surface area (Å²) in [6.07, 6.45) is 1.13. The lowest BCUT2D eigenvalue weighted by Crippen LogP contribution is -2.44. The Balaban J connectivity index is 1.28. The summed E-state index contributed by atoms with van der Waals surface area (Å²) in [7, 11) is 0. The van der Waals surface area contributed by atoms with Crippen LogP contribution in [0.2, 0.25) is 10.0 Å². The van der Waals surface area contributed by atoms with E-state index in [1.807, 2.05) is 13.0 Å². The van der Waals surface area contributed by atoms with Crippen LogP contribution in [0.15, 0.2) is 30.3 Å². The molecule has 10 heteroatoms. The number of fused-ring (bicyclic) bond motifs is 3. The van der Waals surface area contributed by atoms with Crippen molar-refractivity contribution in [2.45, 2.75) is 25.4 Å². The Kier molecular flexibility index (Phi) is 5.29. The summed E-state index contributed by atoms with van der Waals surface area (Å²) in [6, 6.07) is 9.36. The fourth-order valence-corrected chi connectivity index (χ4v) is 4.53. The molecule has 1 amide bonds. The Bertz CT molecular complexity index is 1170. The second-order valence-corrected chi connectivity index (χ2v) is 8.58. The van der Waals surface area contributed by atoms with Gasteiger partial charge in [-0.1, -0.05) is 23.2 Å². The highest BCUT2D eigenvalue weighted by Gasteiger charge is 2.39. The van der Waals surface area contributed by atoms with Crippen molar-refractivity contribution in [3.8, 4) is 5.75 Å². The van der Waals surface area contributed by atoms with Crippen LogP contribution >= 0.6 is 23.2 Å². The summed E-state index contributed by atoms with van der Waals surface area (Å²) in [5.41, 5.74) is 2.18. The van der Waals surface area contributed by atoms with E-state index in [1.54, 1.807) is 24.3 Å². The fraction of sp³-hybridized carbons (Fsp3) is 0.333. The van der Waals surface area contributed by atoms with Crippen LogP contribution in [0.25, 0.3) is 11.0 Å². The van der Waals surface area contributed by atoms with Gasteiger partial charge in [0.25, 0.3) is 5.91 Å². The van der Waals surface area contributed by atoms with E-state index in [0.717, 1.165) is 36.7 Å². The minimum Gasteiger partial charge on any atom is -0.482 e. The zero-order valence-corrected chi connectivity index (χ0v) is 18.2. The van der Waals surface area contributed by atoms with E-state index in [1.165, 1.54) is 0 Å². The van der Waals surface area contributed by atoms with Gasteiger partial charge in [0, 0.05) is 30.2 Å². The monoisotopic (exact) mass is 458 g/mol. The molecule has 31 heavy (non-hydrogen) atoms. The smallest absolute Gasteiger partial charge is 0.263 e. The maximum absolute atomic E-state index is 12.3. The number of aromatic nitrogens is 3. The molecule has 0 saturated carbocycles. The average Bonchev–Trinajstić information content (AvgIpc) is 3.37. The number of nitrogens with one attached hydrogen (secondary N) is 2. The van der Waals surface area contributed by atoms with Crippen molar-refractivity contribution in [2.75, 3.05) is 29.9 Å². The molecule has 0 aliphatic carbocycles. The molecule has 2 bridgehead atoms. The summed E-state index contributed by atoms with van der Waals surface area (Å²) >= 11 is 11.9. The van der Waals surface area contributed by atoms with Gasteiger partial charge in [0.1, 0.15) is 17.1 Å². The lowest BCUT2D eigenvalue weighted by molar-refractivity contribution is -0.118. The summed E-state index contributed by atoms with van der Waals surface area (Å²) in [4.78, 5) is 28.5. The van der Waals surface area contributed by atoms with Gasteiger partial charge in [0.2, 0.25) is 5.95 Å². The van der Waals surface area contributed by atoms with E-state index in [9.17, 15) is 4.79 Å². The fourth-order valence-electron chi connectivity index (χ4n) is 4.06. The largest absolute Gasteiger partial charge is 0.482 e.